The summed E-state index contributed by atoms with van der Waals surface area (Å²) in [5.41, 5.74) is 28.1. The number of aromatic nitrogens is 1. The lowest BCUT2D eigenvalue weighted by Crippen LogP contribution is -2.64. The topological polar surface area (TPSA) is 630 Å². The maximum atomic E-state index is 15.4. The van der Waals surface area contributed by atoms with Crippen molar-refractivity contribution >= 4 is 123 Å². The van der Waals surface area contributed by atoms with Gasteiger partial charge in [0.05, 0.1) is 26.2 Å². The number of nitrogens with one attached hydrogen (secondary N) is 13. The molecule has 39 heteroatoms. The van der Waals surface area contributed by atoms with Crippen LogP contribution >= 0.6 is 11.8 Å². The van der Waals surface area contributed by atoms with Crippen LogP contribution in [0.3, 0.4) is 0 Å². The number of aliphatic carboxylic acids is 1. The smallest absolute Gasteiger partial charge is 0.303 e. The molecule has 12 atom stereocenters. The molecule has 5 rings (SSSR count). The number of aryl methyl sites for hydroxylation is 1. The SMILES string of the molecule is COc1ccc(C[C@H](NC(=O)[C@@H]2CSCC[C@H](NC(C)=O)C(=O)N[C@@H](CCC(N)=O)C(=O)N[C@@H]([C@@H](C)O)C(=O)N[C@@H](Cc3c[nH]c4ccccc34)C(=O)N[C@@H](CCC(N)=O)C(=O)N2)C(=O)N[C@@H](Cc2ccc(C)cc2)C(=O)N[C@@](C)(CCCCN)C(=O)N[C@@H](CCC(=O)O)C(=O)N[C@@H](CC(N)=O)C(=O)NCC(N)=O)cc1. The van der Waals surface area contributed by atoms with Gasteiger partial charge in [-0.1, -0.05) is 60.2 Å². The maximum absolute atomic E-state index is 15.4. The monoisotopic (exact) mass is 1570 g/mol. The number of carbonyl (C=O) groups excluding carboxylic acids is 16. The molecule has 1 aliphatic heterocycles. The second kappa shape index (κ2) is 44.1. The van der Waals surface area contributed by atoms with E-state index in [9.17, 15) is 72.5 Å². The molecule has 1 fully saturated rings. The van der Waals surface area contributed by atoms with E-state index < -0.39 is 230 Å². The Morgan fingerprint density at radius 1 is 0.640 bits per heavy atom. The van der Waals surface area contributed by atoms with Crippen molar-refractivity contribution in [3.63, 3.8) is 0 Å². The van der Waals surface area contributed by atoms with Gasteiger partial charge in [-0.3, -0.25) is 81.5 Å². The van der Waals surface area contributed by atoms with Crippen molar-refractivity contribution < 1.29 is 96.5 Å². The second-order valence-corrected chi connectivity index (χ2v) is 28.1. The standard InChI is InChI=1S/C72H100N18O20S/c1-37-12-14-40(15-13-37)31-51(69(107)90-72(4,27-8-9-28-73)71(109)88-48(22-25-59(97)98)63(101)85-53(33-57(76)95)61(99)79-35-58(77)96)84-66(104)50(30-41-16-18-43(110-5)19-17-41)83-68(106)54-36-111-29-26-49(80-39(3)92)64(102)81-47(21-24-56(75)94)65(103)89-60(38(2)91)70(108)86-52(32-42-34-78-45-11-7-6-10-44(42)45)67(105)82-46(62(100)87-54)20-23-55(74)93/h6-7,10-19,34,38,46-54,60,78,91H,8-9,20-33,35-36,73H2,1-5H3,(H2,74,93)(H2,75,94)(H2,76,95)(H2,77,96)(H,79,99)(H,80,92)(H,81,102)(H,82,105)(H,83,106)(H,84,104)(H,85,101)(H,86,108)(H,87,100)(H,88,109)(H,89,103)(H,90,107)(H,97,98)/t38-,46+,47+,48+,49+,50+,51+,52+,53+,54+,60+,72+/m1/s1. The number of aromatic amines is 1. The first-order chi connectivity index (χ1) is 52.5. The molecule has 0 radical (unpaired) electrons. The number of rotatable bonds is 37. The van der Waals surface area contributed by atoms with Crippen molar-refractivity contribution in [3.05, 3.63) is 101 Å². The maximum Gasteiger partial charge on any atom is 0.303 e. The molecule has 2 heterocycles. The fraction of sp³-hybridized carbons (Fsp3) is 0.486. The summed E-state index contributed by atoms with van der Waals surface area (Å²) < 4.78 is 5.37. The van der Waals surface area contributed by atoms with E-state index in [4.69, 9.17) is 33.4 Å². The number of ether oxygens (including phenoxy) is 1. The molecule has 1 saturated heterocycles. The highest BCUT2D eigenvalue weighted by Gasteiger charge is 2.42. The molecule has 0 bridgehead atoms. The highest BCUT2D eigenvalue weighted by molar-refractivity contribution is 7.99. The Morgan fingerprint density at radius 3 is 1.78 bits per heavy atom. The summed E-state index contributed by atoms with van der Waals surface area (Å²) in [5.74, 6) is -18.3. The van der Waals surface area contributed by atoms with Crippen LogP contribution in [0.15, 0.2) is 79.0 Å². The summed E-state index contributed by atoms with van der Waals surface area (Å²) >= 11 is 0.919. The Bertz CT molecular complexity index is 4010. The summed E-state index contributed by atoms with van der Waals surface area (Å²) in [6.07, 6.45) is -5.52. The minimum atomic E-state index is -2.07. The quantitative estimate of drug-likeness (QED) is 0.0188. The van der Waals surface area contributed by atoms with Gasteiger partial charge < -0.3 is 112 Å². The molecule has 0 unspecified atom stereocenters. The Labute approximate surface area is 642 Å². The van der Waals surface area contributed by atoms with Gasteiger partial charge in [0.25, 0.3) is 0 Å². The number of methoxy groups -OCH3 is 1. The van der Waals surface area contributed by atoms with Gasteiger partial charge in [0.1, 0.15) is 71.7 Å². The Morgan fingerprint density at radius 2 is 1.21 bits per heavy atom. The Balaban J connectivity index is 1.63. The van der Waals surface area contributed by atoms with Gasteiger partial charge in [0.15, 0.2) is 0 Å². The molecule has 3 aromatic carbocycles. The van der Waals surface area contributed by atoms with Gasteiger partial charge >= 0.3 is 5.97 Å². The summed E-state index contributed by atoms with van der Waals surface area (Å²) in [4.78, 5) is 237. The number of benzene rings is 3. The highest BCUT2D eigenvalue weighted by atomic mass is 32.2. The number of nitrogens with two attached hydrogens (primary N) is 5. The zero-order valence-corrected chi connectivity index (χ0v) is 62.9. The van der Waals surface area contributed by atoms with Crippen molar-refractivity contribution in [2.75, 3.05) is 31.7 Å². The van der Waals surface area contributed by atoms with Crippen LogP contribution < -0.4 is 97.2 Å². The van der Waals surface area contributed by atoms with Crippen LogP contribution in [0.1, 0.15) is 114 Å². The fourth-order valence-corrected chi connectivity index (χ4v) is 12.7. The number of carbonyl (C=O) groups is 17. The first-order valence-corrected chi connectivity index (χ1v) is 36.8. The molecule has 0 aliphatic carbocycles. The normalized spacial score (nSPS) is 19.2. The summed E-state index contributed by atoms with van der Waals surface area (Å²) in [6.45, 7) is 4.67. The van der Waals surface area contributed by atoms with Gasteiger partial charge in [-0.15, -0.1) is 0 Å². The van der Waals surface area contributed by atoms with Crippen LogP contribution in [0.4, 0.5) is 0 Å². The number of para-hydroxylation sites is 1. The van der Waals surface area contributed by atoms with Crippen LogP contribution in [-0.4, -0.2) is 219 Å². The fourth-order valence-electron chi connectivity index (χ4n) is 11.6. The zero-order chi connectivity index (χ0) is 82.2. The van der Waals surface area contributed by atoms with E-state index in [1.54, 1.807) is 85.9 Å². The van der Waals surface area contributed by atoms with Gasteiger partial charge in [-0.2, -0.15) is 11.8 Å². The number of H-pyrrole nitrogens is 1. The molecule has 25 N–H and O–H groups in total. The average molecular weight is 1570 g/mol. The van der Waals surface area contributed by atoms with Crippen molar-refractivity contribution in [2.45, 2.75) is 190 Å². The number of carboxylic acid groups (broad SMARTS) is 1. The van der Waals surface area contributed by atoms with Crippen LogP contribution in [0.5, 0.6) is 5.75 Å². The predicted molar refractivity (Wildman–Crippen MR) is 401 cm³/mol. The highest BCUT2D eigenvalue weighted by Crippen LogP contribution is 2.22. The van der Waals surface area contributed by atoms with Crippen molar-refractivity contribution in [3.8, 4) is 5.75 Å². The molecular weight excluding hydrogens is 1470 g/mol. The number of carboxylic acids is 1. The third kappa shape index (κ3) is 30.0. The van der Waals surface area contributed by atoms with E-state index in [2.05, 4.69) is 68.8 Å². The van der Waals surface area contributed by atoms with Gasteiger partial charge in [0.2, 0.25) is 94.5 Å². The minimum Gasteiger partial charge on any atom is -0.497 e. The molecule has 1 aromatic heterocycles. The molecular formula is C72H100N18O20S. The van der Waals surface area contributed by atoms with E-state index in [1.165, 1.54) is 14.0 Å². The zero-order valence-electron chi connectivity index (χ0n) is 62.1. The minimum absolute atomic E-state index is 0.0979. The lowest BCUT2D eigenvalue weighted by Gasteiger charge is -2.34. The van der Waals surface area contributed by atoms with E-state index in [-0.39, 0.29) is 57.2 Å². The van der Waals surface area contributed by atoms with Gasteiger partial charge in [-0.25, -0.2) is 0 Å². The Hall–Kier alpha value is -11.7. The number of hydrogen-bond donors (Lipinski definition) is 20. The Kier molecular flexibility index (Phi) is 35.7. The third-order valence-corrected chi connectivity index (χ3v) is 18.9. The van der Waals surface area contributed by atoms with Crippen LogP contribution in [0.25, 0.3) is 10.9 Å². The van der Waals surface area contributed by atoms with Crippen molar-refractivity contribution in [1.82, 2.24) is 68.8 Å². The predicted octanol–water partition coefficient (Wildman–Crippen LogP) is -5.22. The van der Waals surface area contributed by atoms with Crippen LogP contribution in [0.2, 0.25) is 0 Å². The molecule has 0 spiro atoms. The number of primary amides is 4. The molecule has 4 aromatic rings. The van der Waals surface area contributed by atoms with E-state index in [0.717, 1.165) is 31.2 Å². The first kappa shape index (κ1) is 89.9. The van der Waals surface area contributed by atoms with Crippen LogP contribution in [0, 0.1) is 6.92 Å². The van der Waals surface area contributed by atoms with Gasteiger partial charge in [0, 0.05) is 68.3 Å². The van der Waals surface area contributed by atoms with Crippen molar-refractivity contribution in [1.29, 1.82) is 0 Å². The molecule has 111 heavy (non-hydrogen) atoms. The molecule has 1 aliphatic rings. The lowest BCUT2D eigenvalue weighted by atomic mass is 9.91. The number of thioether (sulfide) groups is 1. The third-order valence-electron chi connectivity index (χ3n) is 17.8. The number of amides is 16. The summed E-state index contributed by atoms with van der Waals surface area (Å²) in [6, 6.07) is 2.66. The number of aliphatic hydroxyl groups excluding tert-OH is 1. The molecule has 38 nitrogen and oxygen atoms in total. The number of hydrogen-bond acceptors (Lipinski definition) is 21. The second-order valence-electron chi connectivity index (χ2n) is 27.0. The lowest BCUT2D eigenvalue weighted by molar-refractivity contribution is -0.140. The number of unbranched alkanes of at least 4 members (excludes halogenated alkanes) is 1. The number of fused-ring (bicyclic) bond motifs is 1. The summed E-state index contributed by atoms with van der Waals surface area (Å²) in [7, 11) is 1.40. The number of aliphatic hydroxyl groups is 1. The van der Waals surface area contributed by atoms with Gasteiger partial charge in [-0.05, 0) is 113 Å². The van der Waals surface area contributed by atoms with E-state index in [0.29, 0.717) is 33.3 Å². The largest absolute Gasteiger partial charge is 0.497 e. The average Bonchev–Trinajstić information content (AvgIpc) is 1.65. The molecule has 604 valence electrons. The van der Waals surface area contributed by atoms with Crippen molar-refractivity contribution in [2.24, 2.45) is 28.7 Å². The van der Waals surface area contributed by atoms with E-state index in [1.807, 2.05) is 0 Å². The van der Waals surface area contributed by atoms with E-state index >= 15 is 19.2 Å². The molecule has 0 saturated carbocycles. The molecule has 16 amide bonds. The van der Waals surface area contributed by atoms with Crippen LogP contribution in [-0.2, 0) is 101 Å². The first-order valence-electron chi connectivity index (χ1n) is 35.6. The summed E-state index contributed by atoms with van der Waals surface area (Å²) in [5, 5.41) is 51.4.